The highest BCUT2D eigenvalue weighted by Crippen LogP contribution is 2.66. The van der Waals surface area contributed by atoms with Gasteiger partial charge >= 0.3 is 0 Å². The van der Waals surface area contributed by atoms with E-state index in [1.807, 2.05) is 0 Å². The van der Waals surface area contributed by atoms with E-state index >= 15 is 0 Å². The largest absolute Gasteiger partial charge is 0.484 e. The number of nitrogens with zero attached hydrogens (tertiary/aromatic N) is 1. The number of aryl methyl sites for hydroxylation is 2. The van der Waals surface area contributed by atoms with Crippen LogP contribution in [0.3, 0.4) is 0 Å². The molecule has 0 bridgehead atoms. The summed E-state index contributed by atoms with van der Waals surface area (Å²) in [6, 6.07) is 75.7. The summed E-state index contributed by atoms with van der Waals surface area (Å²) in [4.78, 5) is 2.64. The van der Waals surface area contributed by atoms with Gasteiger partial charge in [0.25, 0.3) is 0 Å². The van der Waals surface area contributed by atoms with Gasteiger partial charge in [0.2, 0.25) is 0 Å². The number of anilines is 3. The highest BCUT2D eigenvalue weighted by Gasteiger charge is 2.51. The summed E-state index contributed by atoms with van der Waals surface area (Å²) in [5.41, 5.74) is 42.0. The number of fused-ring (bicyclic) bond motifs is 23. The van der Waals surface area contributed by atoms with Crippen LogP contribution in [0.5, 0.6) is 5.75 Å². The highest BCUT2D eigenvalue weighted by molar-refractivity contribution is 6.15. The number of benzene rings is 11. The summed E-state index contributed by atoms with van der Waals surface area (Å²) in [7, 11) is 0. The molecule has 6 aliphatic carbocycles. The van der Waals surface area contributed by atoms with E-state index in [1.54, 1.807) is 11.1 Å². The van der Waals surface area contributed by atoms with Crippen molar-refractivity contribution < 1.29 is 9.15 Å². The Labute approximate surface area is 693 Å². The number of para-hydroxylation sites is 1. The molecule has 590 valence electrons. The Kier molecular flexibility index (Phi) is 19.8. The standard InChI is InChI=1S/C113H121NO2/c1-13-17-21-25-35-59-112(60-36-26-22-18-14-2)90-42-32-29-39-79(90)82-52-47-75(65-97(82)112)74-46-51-80-81-53-48-76(66-93(81)110(9,10)92(80)64-74)87-69-99-104(107-86-41-31-34-44-102(86)116-108(87)107)84-55-50-78(68-98(84)113(99,61-37-27-23-19-15-3)62-38-28-24-20-16-4)114(100-57-45-72(5)63-73(100)6)77-49-54-83-88-70-96-89(71-95(88)111(11,12)94(83)67-77)105-91(109(96,7)8)56-58-103-106(105)85-40-30-33-43-101(85)115-103/h29-34,39-58,63-71,86,102H,13-28,35-38,59-62H2,1-12H3. The molecule has 116 heavy (non-hydrogen) atoms. The lowest BCUT2D eigenvalue weighted by atomic mass is 9.69. The van der Waals surface area contributed by atoms with Gasteiger partial charge < -0.3 is 14.1 Å². The molecular formula is C113H121NO2. The van der Waals surface area contributed by atoms with E-state index in [1.165, 1.54) is 308 Å². The smallest absolute Gasteiger partial charge is 0.136 e. The van der Waals surface area contributed by atoms with Crippen LogP contribution in [-0.2, 0) is 27.1 Å². The van der Waals surface area contributed by atoms with Crippen LogP contribution in [0.4, 0.5) is 17.1 Å². The summed E-state index contributed by atoms with van der Waals surface area (Å²) in [6.07, 6.45) is 39.3. The predicted molar refractivity (Wildman–Crippen MR) is 493 cm³/mol. The van der Waals surface area contributed by atoms with Crippen molar-refractivity contribution in [3.63, 3.8) is 0 Å². The minimum Gasteiger partial charge on any atom is -0.484 e. The Morgan fingerprint density at radius 3 is 1.46 bits per heavy atom. The van der Waals surface area contributed by atoms with Gasteiger partial charge in [0.1, 0.15) is 23.0 Å². The van der Waals surface area contributed by atoms with Crippen LogP contribution < -0.4 is 9.64 Å². The second kappa shape index (κ2) is 30.0. The van der Waals surface area contributed by atoms with E-state index in [2.05, 4.69) is 300 Å². The first-order valence-corrected chi connectivity index (χ1v) is 45.5. The monoisotopic (exact) mass is 1520 g/mol. The fourth-order valence-corrected chi connectivity index (χ4v) is 23.6. The Balaban J connectivity index is 0.728. The maximum absolute atomic E-state index is 7.60. The van der Waals surface area contributed by atoms with Crippen molar-refractivity contribution in [2.24, 2.45) is 0 Å². The minimum absolute atomic E-state index is 0.0308. The Morgan fingerprint density at radius 1 is 0.336 bits per heavy atom. The average Bonchev–Trinajstić information content (AvgIpc) is 1.53. The van der Waals surface area contributed by atoms with Crippen LogP contribution in [0.2, 0.25) is 0 Å². The normalized spacial score (nSPS) is 17.3. The first-order valence-electron chi connectivity index (χ1n) is 45.5. The van der Waals surface area contributed by atoms with Gasteiger partial charge in [0.05, 0.1) is 0 Å². The van der Waals surface area contributed by atoms with Gasteiger partial charge in [0, 0.05) is 72.0 Å². The van der Waals surface area contributed by atoms with E-state index in [0.717, 1.165) is 29.8 Å². The molecule has 0 fully saturated rings. The number of furan rings is 1. The van der Waals surface area contributed by atoms with E-state index < -0.39 is 0 Å². The van der Waals surface area contributed by atoms with E-state index in [9.17, 15) is 0 Å². The predicted octanol–water partition coefficient (Wildman–Crippen LogP) is 32.9. The van der Waals surface area contributed by atoms with Gasteiger partial charge in [-0.15, -0.1) is 0 Å². The molecule has 0 saturated carbocycles. The molecule has 2 atom stereocenters. The van der Waals surface area contributed by atoms with E-state index in [-0.39, 0.29) is 39.1 Å². The first-order chi connectivity index (χ1) is 56.4. The van der Waals surface area contributed by atoms with Gasteiger partial charge in [-0.1, -0.05) is 331 Å². The van der Waals surface area contributed by atoms with Crippen molar-refractivity contribution >= 4 is 39.0 Å². The van der Waals surface area contributed by atoms with Gasteiger partial charge in [-0.25, -0.2) is 0 Å². The van der Waals surface area contributed by atoms with Crippen LogP contribution >= 0.6 is 0 Å². The molecule has 12 aromatic rings. The van der Waals surface area contributed by atoms with Crippen LogP contribution in [0.25, 0.3) is 99.8 Å². The molecule has 0 spiro atoms. The van der Waals surface area contributed by atoms with Crippen LogP contribution in [0.1, 0.15) is 302 Å². The van der Waals surface area contributed by atoms with Gasteiger partial charge in [0.15, 0.2) is 0 Å². The number of allylic oxidation sites excluding steroid dienone is 2. The van der Waals surface area contributed by atoms with Crippen LogP contribution in [-0.4, -0.2) is 6.10 Å². The number of unbranched alkanes of at least 4 members (excludes halogenated alkanes) is 16. The van der Waals surface area contributed by atoms with Gasteiger partial charge in [-0.2, -0.15) is 0 Å². The lowest BCUT2D eigenvalue weighted by Crippen LogP contribution is -2.26. The molecule has 2 unspecified atom stereocenters. The van der Waals surface area contributed by atoms with Crippen molar-refractivity contribution in [1.82, 2.24) is 0 Å². The molecule has 1 aromatic heterocycles. The molecular weight excluding hydrogens is 1400 g/mol. The molecule has 19 rings (SSSR count). The molecule has 0 saturated heterocycles. The third kappa shape index (κ3) is 12.2. The second-order valence-electron chi connectivity index (χ2n) is 38.0. The topological polar surface area (TPSA) is 25.6 Å². The van der Waals surface area contributed by atoms with E-state index in [0.29, 0.717) is 0 Å². The zero-order chi connectivity index (χ0) is 79.6. The number of rotatable bonds is 29. The Bertz CT molecular complexity index is 5900. The van der Waals surface area contributed by atoms with Gasteiger partial charge in [-0.05, 0) is 258 Å². The van der Waals surface area contributed by atoms with Crippen LogP contribution in [0, 0.1) is 13.8 Å². The third-order valence-corrected chi connectivity index (χ3v) is 29.8. The molecule has 0 radical (unpaired) electrons. The lowest BCUT2D eigenvalue weighted by Gasteiger charge is -2.35. The molecule has 7 aliphatic rings. The number of ether oxygens (including phenoxy) is 1. The summed E-state index contributed by atoms with van der Waals surface area (Å²) in [5, 5.41) is 2.42. The second-order valence-corrected chi connectivity index (χ2v) is 38.0. The zero-order valence-electron chi connectivity index (χ0n) is 71.6. The maximum atomic E-state index is 7.60. The van der Waals surface area contributed by atoms with Crippen molar-refractivity contribution in [3.8, 4) is 83.6 Å². The van der Waals surface area contributed by atoms with Gasteiger partial charge in [-0.3, -0.25) is 0 Å². The van der Waals surface area contributed by atoms with Crippen molar-refractivity contribution in [2.45, 2.75) is 276 Å². The average molecular weight is 1530 g/mol. The quantitative estimate of drug-likeness (QED) is 0.0437. The molecule has 3 nitrogen and oxygen atoms in total. The summed E-state index contributed by atoms with van der Waals surface area (Å²) >= 11 is 0. The highest BCUT2D eigenvalue weighted by atomic mass is 16.5. The van der Waals surface area contributed by atoms with E-state index in [4.69, 9.17) is 9.15 Å². The first kappa shape index (κ1) is 76.3. The molecule has 3 heteroatoms. The summed E-state index contributed by atoms with van der Waals surface area (Å²) < 4.78 is 14.2. The molecule has 2 heterocycles. The zero-order valence-corrected chi connectivity index (χ0v) is 71.6. The lowest BCUT2D eigenvalue weighted by molar-refractivity contribution is 0.270. The summed E-state index contributed by atoms with van der Waals surface area (Å²) in [6.45, 7) is 28.8. The molecule has 11 aromatic carbocycles. The van der Waals surface area contributed by atoms with Crippen molar-refractivity contribution in [2.75, 3.05) is 4.90 Å². The minimum atomic E-state index is -0.290. The van der Waals surface area contributed by atoms with Crippen molar-refractivity contribution in [1.29, 1.82) is 0 Å². The summed E-state index contributed by atoms with van der Waals surface area (Å²) in [5.74, 6) is 1.16. The fraction of sp³-hybridized carbons (Fsp3) is 0.381. The Hall–Kier alpha value is -9.70. The van der Waals surface area contributed by atoms with Crippen molar-refractivity contribution in [3.05, 3.63) is 285 Å². The fourth-order valence-electron chi connectivity index (χ4n) is 23.6. The number of hydrogen-bond acceptors (Lipinski definition) is 3. The SMILES string of the molecule is CCCCCCCC1(CCCCCCC)c2ccccc2-c2ccc(-c3ccc4c(c3)C(C)(C)c3cc(-c5cc6c(c7c5OC5C=CC=CC75)-c5ccc(N(c7ccc8c(c7)C(C)(C)c7cc9c(cc7-8)C(C)(C)c7ccc8oc%10ccccc%10c8c7-9)c7ccc(C)cc7C)cc5C6(CCCCCCC)CCCCCCC)ccc3-4)cc21. The molecule has 1 aliphatic heterocycles. The maximum Gasteiger partial charge on any atom is 0.136 e. The molecule has 0 amide bonds. The number of hydrogen-bond donors (Lipinski definition) is 0. The van der Waals surface area contributed by atoms with Crippen LogP contribution in [0.15, 0.2) is 217 Å². The molecule has 0 N–H and O–H groups in total. The Morgan fingerprint density at radius 2 is 0.810 bits per heavy atom. The third-order valence-electron chi connectivity index (χ3n) is 29.8.